The average molecular weight is 446 g/mol. The molecule has 0 spiro atoms. The van der Waals surface area contributed by atoms with Gasteiger partial charge in [-0.1, -0.05) is 13.0 Å². The molecule has 1 aliphatic heterocycles. The van der Waals surface area contributed by atoms with Crippen LogP contribution in [0.25, 0.3) is 0 Å². The second-order valence-electron chi connectivity index (χ2n) is 7.26. The van der Waals surface area contributed by atoms with E-state index in [1.807, 2.05) is 0 Å². The molecule has 3 N–H and O–H groups in total. The Morgan fingerprint density at radius 2 is 1.87 bits per heavy atom. The smallest absolute Gasteiger partial charge is 0.417 e. The second-order valence-corrected chi connectivity index (χ2v) is 7.26. The first-order valence-corrected chi connectivity index (χ1v) is 9.05. The maximum Gasteiger partial charge on any atom is 0.417 e. The van der Waals surface area contributed by atoms with Gasteiger partial charge in [-0.05, 0) is 13.0 Å². The predicted molar refractivity (Wildman–Crippen MR) is 99.2 cm³/mol. The minimum absolute atomic E-state index is 0.0621. The number of halogens is 5. The number of amides is 1. The third-order valence-corrected chi connectivity index (χ3v) is 5.51. The van der Waals surface area contributed by atoms with Crippen molar-refractivity contribution in [1.82, 2.24) is 9.97 Å². The summed E-state index contributed by atoms with van der Waals surface area (Å²) in [5.41, 5.74) is 2.56. The predicted octanol–water partition coefficient (Wildman–Crippen LogP) is 3.42. The lowest BCUT2D eigenvalue weighted by atomic mass is 9.77. The fourth-order valence-corrected chi connectivity index (χ4v) is 3.66. The van der Waals surface area contributed by atoms with Gasteiger partial charge in [-0.3, -0.25) is 4.79 Å². The van der Waals surface area contributed by atoms with E-state index in [4.69, 9.17) is 15.2 Å². The van der Waals surface area contributed by atoms with Crippen LogP contribution in [0.2, 0.25) is 0 Å². The quantitative estimate of drug-likeness (QED) is 0.699. The van der Waals surface area contributed by atoms with Crippen molar-refractivity contribution in [1.29, 1.82) is 0 Å². The topological polar surface area (TPSA) is 99.4 Å². The highest BCUT2D eigenvalue weighted by atomic mass is 19.4. The molecule has 1 aliphatic rings. The molecule has 7 nitrogen and oxygen atoms in total. The van der Waals surface area contributed by atoms with Gasteiger partial charge in [0, 0.05) is 17.4 Å². The highest BCUT2D eigenvalue weighted by Gasteiger charge is 2.65. The summed E-state index contributed by atoms with van der Waals surface area (Å²) in [6.07, 6.45) is -4.24. The standard InChI is InChI=1S/C19H19F5N4O3/c1-8-12(10-4-5-11(20)13(21)14(10)30-3)15(31-18(8,2)19(22,23)24)16(29)28-9-6-26-17(25)27-7-9/h4-8,12,15H,1-3H3,(H,28,29)(H2,25,26,27). The van der Waals surface area contributed by atoms with E-state index >= 15 is 0 Å². The van der Waals surface area contributed by atoms with Gasteiger partial charge in [0.05, 0.1) is 25.2 Å². The second kappa shape index (κ2) is 7.91. The summed E-state index contributed by atoms with van der Waals surface area (Å²) in [6.45, 7) is 2.02. The number of carbonyl (C=O) groups is 1. The minimum Gasteiger partial charge on any atom is -0.493 e. The number of nitrogens with one attached hydrogen (secondary N) is 1. The Labute approximate surface area is 173 Å². The van der Waals surface area contributed by atoms with Crippen molar-refractivity contribution in [3.63, 3.8) is 0 Å². The molecule has 1 aromatic carbocycles. The molecular weight excluding hydrogens is 427 g/mol. The first-order chi connectivity index (χ1) is 14.4. The van der Waals surface area contributed by atoms with E-state index in [0.29, 0.717) is 0 Å². The van der Waals surface area contributed by atoms with Gasteiger partial charge >= 0.3 is 6.18 Å². The Kier molecular flexibility index (Phi) is 5.78. The van der Waals surface area contributed by atoms with Gasteiger partial charge in [0.15, 0.2) is 17.2 Å². The lowest BCUT2D eigenvalue weighted by Gasteiger charge is -2.32. The number of anilines is 2. The number of rotatable bonds is 4. The molecule has 3 rings (SSSR count). The number of aromatic nitrogens is 2. The number of methoxy groups -OCH3 is 1. The van der Waals surface area contributed by atoms with Crippen LogP contribution < -0.4 is 15.8 Å². The third kappa shape index (κ3) is 3.87. The van der Waals surface area contributed by atoms with Crippen LogP contribution in [-0.2, 0) is 9.53 Å². The number of ether oxygens (including phenoxy) is 2. The van der Waals surface area contributed by atoms with Crippen molar-refractivity contribution >= 4 is 17.5 Å². The van der Waals surface area contributed by atoms with Crippen LogP contribution in [-0.4, -0.2) is 40.9 Å². The molecule has 4 unspecified atom stereocenters. The van der Waals surface area contributed by atoms with Gasteiger partial charge in [0.25, 0.3) is 5.91 Å². The summed E-state index contributed by atoms with van der Waals surface area (Å²) in [4.78, 5) is 20.3. The zero-order chi connectivity index (χ0) is 23.1. The van der Waals surface area contributed by atoms with Crippen molar-refractivity contribution in [2.75, 3.05) is 18.2 Å². The molecule has 1 fully saturated rings. The average Bonchev–Trinajstić information content (AvgIpc) is 2.98. The Morgan fingerprint density at radius 3 is 2.42 bits per heavy atom. The summed E-state index contributed by atoms with van der Waals surface area (Å²) < 4.78 is 79.7. The van der Waals surface area contributed by atoms with Crippen molar-refractivity contribution in [3.05, 3.63) is 41.7 Å². The number of nitrogens with zero attached hydrogens (tertiary/aromatic N) is 2. The Hall–Kier alpha value is -3.02. The summed E-state index contributed by atoms with van der Waals surface area (Å²) in [6, 6.07) is 1.84. The van der Waals surface area contributed by atoms with Crippen LogP contribution in [0.1, 0.15) is 25.3 Å². The lowest BCUT2D eigenvalue weighted by molar-refractivity contribution is -0.272. The molecule has 168 valence electrons. The van der Waals surface area contributed by atoms with Crippen LogP contribution in [0.3, 0.4) is 0 Å². The number of nitrogen functional groups attached to an aromatic ring is 1. The van der Waals surface area contributed by atoms with Gasteiger partial charge in [-0.25, -0.2) is 14.4 Å². The van der Waals surface area contributed by atoms with E-state index < -0.39 is 53.0 Å². The number of carbonyl (C=O) groups excluding carboxylic acids is 1. The largest absolute Gasteiger partial charge is 0.493 e. The molecule has 1 aromatic heterocycles. The van der Waals surface area contributed by atoms with Gasteiger partial charge < -0.3 is 20.5 Å². The highest BCUT2D eigenvalue weighted by Crippen LogP contribution is 2.54. The first kappa shape index (κ1) is 22.7. The summed E-state index contributed by atoms with van der Waals surface area (Å²) >= 11 is 0. The van der Waals surface area contributed by atoms with Gasteiger partial charge in [0.2, 0.25) is 11.8 Å². The fourth-order valence-electron chi connectivity index (χ4n) is 3.66. The monoisotopic (exact) mass is 446 g/mol. The van der Waals surface area contributed by atoms with E-state index in [-0.39, 0.29) is 17.2 Å². The molecule has 12 heteroatoms. The van der Waals surface area contributed by atoms with Crippen molar-refractivity contribution < 1.29 is 36.2 Å². The van der Waals surface area contributed by atoms with E-state index in [0.717, 1.165) is 38.6 Å². The summed E-state index contributed by atoms with van der Waals surface area (Å²) in [7, 11) is 1.05. The highest BCUT2D eigenvalue weighted by molar-refractivity contribution is 5.95. The van der Waals surface area contributed by atoms with E-state index in [1.54, 1.807) is 0 Å². The Balaban J connectivity index is 2.07. The molecule has 4 atom stereocenters. The molecule has 1 amide bonds. The molecule has 0 radical (unpaired) electrons. The number of alkyl halides is 3. The van der Waals surface area contributed by atoms with Crippen LogP contribution >= 0.6 is 0 Å². The van der Waals surface area contributed by atoms with Gasteiger partial charge in [0.1, 0.15) is 6.10 Å². The van der Waals surface area contributed by atoms with E-state index in [2.05, 4.69) is 15.3 Å². The normalized spacial score (nSPS) is 26.0. The van der Waals surface area contributed by atoms with Crippen LogP contribution in [0.5, 0.6) is 5.75 Å². The molecule has 0 saturated carbocycles. The number of nitrogens with two attached hydrogens (primary N) is 1. The fraction of sp³-hybridized carbons (Fsp3) is 0.421. The van der Waals surface area contributed by atoms with Crippen LogP contribution in [0.4, 0.5) is 33.6 Å². The lowest BCUT2D eigenvalue weighted by Crippen LogP contribution is -2.47. The Bertz CT molecular complexity index is 986. The summed E-state index contributed by atoms with van der Waals surface area (Å²) in [5.74, 6) is -6.91. The molecule has 2 aromatic rings. The van der Waals surface area contributed by atoms with Crippen molar-refractivity contribution in [2.45, 2.75) is 37.6 Å². The van der Waals surface area contributed by atoms with E-state index in [1.165, 1.54) is 6.92 Å². The molecule has 2 heterocycles. The maximum absolute atomic E-state index is 14.3. The molecule has 1 saturated heterocycles. The SMILES string of the molecule is COc1c(C2C(C(=O)Nc3cnc(N)nc3)OC(C)(C(F)(F)F)C2C)ccc(F)c1F. The molecular formula is C19H19F5N4O3. The third-order valence-electron chi connectivity index (χ3n) is 5.51. The summed E-state index contributed by atoms with van der Waals surface area (Å²) in [5, 5.41) is 2.36. The Morgan fingerprint density at radius 1 is 1.26 bits per heavy atom. The molecule has 0 bridgehead atoms. The number of hydrogen-bond donors (Lipinski definition) is 2. The maximum atomic E-state index is 14.3. The van der Waals surface area contributed by atoms with Crippen LogP contribution in [0.15, 0.2) is 24.5 Å². The molecule has 0 aliphatic carbocycles. The van der Waals surface area contributed by atoms with Crippen LogP contribution in [0, 0.1) is 17.6 Å². The number of hydrogen-bond acceptors (Lipinski definition) is 6. The van der Waals surface area contributed by atoms with Gasteiger partial charge in [-0.15, -0.1) is 0 Å². The van der Waals surface area contributed by atoms with Crippen molar-refractivity contribution in [3.8, 4) is 5.75 Å². The van der Waals surface area contributed by atoms with E-state index in [9.17, 15) is 26.7 Å². The zero-order valence-electron chi connectivity index (χ0n) is 16.6. The zero-order valence-corrected chi connectivity index (χ0v) is 16.6. The molecule has 31 heavy (non-hydrogen) atoms. The van der Waals surface area contributed by atoms with Gasteiger partial charge in [-0.2, -0.15) is 17.6 Å². The van der Waals surface area contributed by atoms with Crippen molar-refractivity contribution in [2.24, 2.45) is 5.92 Å². The number of benzene rings is 1. The first-order valence-electron chi connectivity index (χ1n) is 9.05. The minimum atomic E-state index is -4.85.